The summed E-state index contributed by atoms with van der Waals surface area (Å²) in [4.78, 5) is 21.9. The molecule has 1 aromatic carbocycles. The van der Waals surface area contributed by atoms with Crippen molar-refractivity contribution in [3.63, 3.8) is 0 Å². The van der Waals surface area contributed by atoms with Crippen LogP contribution in [0, 0.1) is 5.82 Å². The van der Waals surface area contributed by atoms with Crippen LogP contribution in [0.15, 0.2) is 24.3 Å². The largest absolute Gasteiger partial charge is 0.466 e. The molecule has 4 heteroatoms. The summed E-state index contributed by atoms with van der Waals surface area (Å²) in [5.41, 5.74) is 0.185. The van der Waals surface area contributed by atoms with Crippen molar-refractivity contribution in [1.29, 1.82) is 0 Å². The highest BCUT2D eigenvalue weighted by Gasteiger charge is 2.09. The summed E-state index contributed by atoms with van der Waals surface area (Å²) in [6.45, 7) is 1.28. The average Bonchev–Trinajstić information content (AvgIpc) is 2.26. The summed E-state index contributed by atoms with van der Waals surface area (Å²) in [5.74, 6) is -1.56. The molecule has 84 valence electrons. The van der Waals surface area contributed by atoms with Gasteiger partial charge in [-0.25, -0.2) is 9.18 Å². The third-order valence-electron chi connectivity index (χ3n) is 2.01. The lowest BCUT2D eigenvalue weighted by Gasteiger charge is -2.01. The van der Waals surface area contributed by atoms with Crippen LogP contribution in [-0.2, 0) is 9.53 Å². The number of hydrogen-bond acceptors (Lipinski definition) is 3. The Balaban J connectivity index is 3.07. The van der Waals surface area contributed by atoms with E-state index in [0.29, 0.717) is 0 Å². The van der Waals surface area contributed by atoms with Crippen LogP contribution in [0.5, 0.6) is 0 Å². The van der Waals surface area contributed by atoms with Gasteiger partial charge in [-0.15, -0.1) is 0 Å². The maximum Gasteiger partial charge on any atom is 0.330 e. The molecular formula is C12H11FO3. The first-order valence-electron chi connectivity index (χ1n) is 4.61. The summed E-state index contributed by atoms with van der Waals surface area (Å²) in [6, 6.07) is 4.42. The molecular weight excluding hydrogens is 211 g/mol. The normalized spacial score (nSPS) is 10.4. The Morgan fingerprint density at radius 1 is 1.38 bits per heavy atom. The molecule has 3 nitrogen and oxygen atoms in total. The maximum absolute atomic E-state index is 13.7. The van der Waals surface area contributed by atoms with Crippen LogP contribution in [0.2, 0.25) is 0 Å². The van der Waals surface area contributed by atoms with Gasteiger partial charge in [-0.2, -0.15) is 0 Å². The second kappa shape index (κ2) is 5.21. The zero-order chi connectivity index (χ0) is 12.1. The smallest absolute Gasteiger partial charge is 0.330 e. The third kappa shape index (κ3) is 2.76. The first kappa shape index (κ1) is 12.1. The van der Waals surface area contributed by atoms with Crippen molar-refractivity contribution in [2.45, 2.75) is 6.92 Å². The van der Waals surface area contributed by atoms with Gasteiger partial charge in [0.1, 0.15) is 5.82 Å². The number of benzene rings is 1. The highest BCUT2D eigenvalue weighted by molar-refractivity contribution is 5.95. The van der Waals surface area contributed by atoms with Crippen LogP contribution in [0.1, 0.15) is 22.8 Å². The molecule has 1 aromatic rings. The molecule has 0 aliphatic carbocycles. The Kier molecular flexibility index (Phi) is 3.94. The number of rotatable bonds is 3. The average molecular weight is 222 g/mol. The van der Waals surface area contributed by atoms with Gasteiger partial charge in [0.05, 0.1) is 12.7 Å². The molecule has 0 unspecified atom stereocenters. The molecule has 0 bridgehead atoms. The van der Waals surface area contributed by atoms with E-state index in [0.717, 1.165) is 6.08 Å². The molecule has 0 aliphatic rings. The lowest BCUT2D eigenvalue weighted by Crippen LogP contribution is -1.99. The quantitative estimate of drug-likeness (QED) is 0.447. The van der Waals surface area contributed by atoms with Gasteiger partial charge < -0.3 is 4.74 Å². The van der Waals surface area contributed by atoms with Crippen molar-refractivity contribution in [2.24, 2.45) is 0 Å². The summed E-state index contributed by atoms with van der Waals surface area (Å²) in [7, 11) is 1.23. The molecule has 0 fully saturated rings. The van der Waals surface area contributed by atoms with Crippen LogP contribution in [0.3, 0.4) is 0 Å². The zero-order valence-electron chi connectivity index (χ0n) is 8.99. The van der Waals surface area contributed by atoms with Gasteiger partial charge in [-0.1, -0.05) is 12.1 Å². The number of esters is 1. The van der Waals surface area contributed by atoms with Gasteiger partial charge in [0.2, 0.25) is 0 Å². The lowest BCUT2D eigenvalue weighted by atomic mass is 10.1. The van der Waals surface area contributed by atoms with E-state index in [9.17, 15) is 14.0 Å². The van der Waals surface area contributed by atoms with Gasteiger partial charge in [-0.3, -0.25) is 4.79 Å². The Labute approximate surface area is 92.5 Å². The first-order chi connectivity index (χ1) is 7.56. The molecule has 0 N–H and O–H groups in total. The third-order valence-corrected chi connectivity index (χ3v) is 2.01. The van der Waals surface area contributed by atoms with Crippen LogP contribution in [0.25, 0.3) is 6.08 Å². The van der Waals surface area contributed by atoms with Gasteiger partial charge in [0.15, 0.2) is 5.78 Å². The van der Waals surface area contributed by atoms with Crippen molar-refractivity contribution < 1.29 is 18.7 Å². The van der Waals surface area contributed by atoms with E-state index in [2.05, 4.69) is 4.74 Å². The van der Waals surface area contributed by atoms with E-state index < -0.39 is 11.8 Å². The van der Waals surface area contributed by atoms with Gasteiger partial charge in [0.25, 0.3) is 0 Å². The summed E-state index contributed by atoms with van der Waals surface area (Å²) in [6.07, 6.45) is 2.37. The molecule has 0 heterocycles. The van der Waals surface area contributed by atoms with Crippen molar-refractivity contribution in [3.05, 3.63) is 41.2 Å². The van der Waals surface area contributed by atoms with Gasteiger partial charge in [-0.05, 0) is 19.1 Å². The molecule has 0 saturated heterocycles. The van der Waals surface area contributed by atoms with E-state index in [-0.39, 0.29) is 16.9 Å². The Bertz CT molecular complexity index is 450. The minimum absolute atomic E-state index is 0.00650. The molecule has 0 amide bonds. The minimum Gasteiger partial charge on any atom is -0.466 e. The van der Waals surface area contributed by atoms with E-state index in [1.807, 2.05) is 0 Å². The minimum atomic E-state index is -0.629. The number of methoxy groups -OCH3 is 1. The van der Waals surface area contributed by atoms with E-state index in [1.54, 1.807) is 6.07 Å². The van der Waals surface area contributed by atoms with Crippen molar-refractivity contribution >= 4 is 17.8 Å². The molecule has 0 radical (unpaired) electrons. The Morgan fingerprint density at radius 3 is 2.62 bits per heavy atom. The summed E-state index contributed by atoms with van der Waals surface area (Å²) >= 11 is 0. The Morgan fingerprint density at radius 2 is 2.06 bits per heavy atom. The van der Waals surface area contributed by atoms with Crippen molar-refractivity contribution in [1.82, 2.24) is 0 Å². The van der Waals surface area contributed by atoms with Gasteiger partial charge >= 0.3 is 5.97 Å². The number of ketones is 1. The molecule has 0 spiro atoms. The second-order valence-corrected chi connectivity index (χ2v) is 3.12. The predicted molar refractivity (Wildman–Crippen MR) is 57.5 cm³/mol. The number of ether oxygens (including phenoxy) is 1. The number of Topliss-reactive ketones (excluding diaryl/α,β-unsaturated/α-hetero) is 1. The van der Waals surface area contributed by atoms with Gasteiger partial charge in [0, 0.05) is 11.6 Å². The Hall–Kier alpha value is -1.97. The van der Waals surface area contributed by atoms with E-state index in [1.165, 1.54) is 32.2 Å². The fourth-order valence-electron chi connectivity index (χ4n) is 1.18. The van der Waals surface area contributed by atoms with Crippen molar-refractivity contribution in [2.75, 3.05) is 7.11 Å². The summed E-state index contributed by atoms with van der Waals surface area (Å²) < 4.78 is 18.0. The first-order valence-corrected chi connectivity index (χ1v) is 4.61. The van der Waals surface area contributed by atoms with Crippen LogP contribution < -0.4 is 0 Å². The number of hydrogen-bond donors (Lipinski definition) is 0. The summed E-state index contributed by atoms with van der Waals surface area (Å²) in [5, 5.41) is 0. The molecule has 0 atom stereocenters. The zero-order valence-corrected chi connectivity index (χ0v) is 8.99. The van der Waals surface area contributed by atoms with E-state index >= 15 is 0 Å². The van der Waals surface area contributed by atoms with Crippen molar-refractivity contribution in [3.8, 4) is 0 Å². The monoisotopic (exact) mass is 222 g/mol. The molecule has 0 saturated carbocycles. The molecule has 16 heavy (non-hydrogen) atoms. The molecule has 1 rings (SSSR count). The topological polar surface area (TPSA) is 43.4 Å². The fraction of sp³-hybridized carbons (Fsp3) is 0.167. The van der Waals surface area contributed by atoms with Crippen LogP contribution in [-0.4, -0.2) is 18.9 Å². The molecule has 0 aliphatic heterocycles. The van der Waals surface area contributed by atoms with Crippen LogP contribution >= 0.6 is 0 Å². The second-order valence-electron chi connectivity index (χ2n) is 3.12. The standard InChI is InChI=1S/C12H11FO3/c1-8(14)10-5-3-4-9(12(10)13)6-7-11(15)16-2/h3-7H,1-2H3. The lowest BCUT2D eigenvalue weighted by molar-refractivity contribution is -0.134. The predicted octanol–water partition coefficient (Wildman–Crippen LogP) is 2.21. The number of halogens is 1. The number of carbonyl (C=O) groups excluding carboxylic acids is 2. The maximum atomic E-state index is 13.7. The van der Waals surface area contributed by atoms with Crippen LogP contribution in [0.4, 0.5) is 4.39 Å². The fourth-order valence-corrected chi connectivity index (χ4v) is 1.18. The SMILES string of the molecule is COC(=O)C=Cc1cccc(C(C)=O)c1F. The highest BCUT2D eigenvalue weighted by atomic mass is 19.1. The molecule has 0 aromatic heterocycles. The number of carbonyl (C=O) groups is 2. The van der Waals surface area contributed by atoms with E-state index in [4.69, 9.17) is 0 Å². The highest BCUT2D eigenvalue weighted by Crippen LogP contribution is 2.15.